The topological polar surface area (TPSA) is 33.7 Å². The SMILES string of the molecule is COc1cc(CN[C@@H]2CN3CCC2CC3)ccc1OCc1c(F)cccc1Cl. The molecule has 0 amide bonds. The number of ether oxygens (including phenoxy) is 2. The predicted molar refractivity (Wildman–Crippen MR) is 109 cm³/mol. The smallest absolute Gasteiger partial charge is 0.161 e. The molecule has 0 aliphatic carbocycles. The molecule has 2 aromatic rings. The van der Waals surface area contributed by atoms with Gasteiger partial charge in [-0.2, -0.15) is 0 Å². The van der Waals surface area contributed by atoms with Crippen LogP contribution in [0.15, 0.2) is 36.4 Å². The Morgan fingerprint density at radius 2 is 2.00 bits per heavy atom. The van der Waals surface area contributed by atoms with Gasteiger partial charge in [0, 0.05) is 24.7 Å². The highest BCUT2D eigenvalue weighted by molar-refractivity contribution is 6.31. The molecular formula is C22H26ClFN2O2. The van der Waals surface area contributed by atoms with Gasteiger partial charge in [0.2, 0.25) is 0 Å². The third kappa shape index (κ3) is 4.27. The number of methoxy groups -OCH3 is 1. The first-order valence-corrected chi connectivity index (χ1v) is 10.2. The summed E-state index contributed by atoms with van der Waals surface area (Å²) in [5.41, 5.74) is 1.49. The quantitative estimate of drug-likeness (QED) is 0.748. The maximum Gasteiger partial charge on any atom is 0.161 e. The Morgan fingerprint density at radius 3 is 2.68 bits per heavy atom. The van der Waals surface area contributed by atoms with Gasteiger partial charge in [-0.15, -0.1) is 0 Å². The van der Waals surface area contributed by atoms with Crippen LogP contribution in [0, 0.1) is 11.7 Å². The zero-order valence-electron chi connectivity index (χ0n) is 16.1. The number of rotatable bonds is 7. The molecule has 3 fully saturated rings. The van der Waals surface area contributed by atoms with Crippen molar-refractivity contribution in [2.24, 2.45) is 5.92 Å². The van der Waals surface area contributed by atoms with Crippen LogP contribution in [0.25, 0.3) is 0 Å². The van der Waals surface area contributed by atoms with Gasteiger partial charge in [0.25, 0.3) is 0 Å². The maximum atomic E-state index is 13.9. The fraction of sp³-hybridized carbons (Fsp3) is 0.455. The normalized spacial score (nSPS) is 23.6. The molecular weight excluding hydrogens is 379 g/mol. The van der Waals surface area contributed by atoms with Crippen molar-refractivity contribution in [3.05, 3.63) is 58.4 Å². The van der Waals surface area contributed by atoms with Crippen molar-refractivity contribution in [3.63, 3.8) is 0 Å². The first-order valence-electron chi connectivity index (χ1n) is 9.82. The molecule has 2 bridgehead atoms. The van der Waals surface area contributed by atoms with Gasteiger partial charge in [-0.25, -0.2) is 4.39 Å². The van der Waals surface area contributed by atoms with E-state index in [1.807, 2.05) is 18.2 Å². The van der Waals surface area contributed by atoms with E-state index in [1.165, 1.54) is 32.0 Å². The summed E-state index contributed by atoms with van der Waals surface area (Å²) >= 11 is 6.07. The zero-order chi connectivity index (χ0) is 19.5. The molecule has 1 atom stereocenters. The van der Waals surface area contributed by atoms with Crippen LogP contribution in [0.3, 0.4) is 0 Å². The molecule has 3 aliphatic rings. The van der Waals surface area contributed by atoms with Gasteiger partial charge in [0.1, 0.15) is 12.4 Å². The lowest BCUT2D eigenvalue weighted by atomic mass is 9.84. The van der Waals surface area contributed by atoms with Crippen molar-refractivity contribution in [3.8, 4) is 11.5 Å². The standard InChI is InChI=1S/C22H26ClFN2O2/c1-27-22-11-15(12-25-20-13-26-9-7-16(20)8-10-26)5-6-21(22)28-14-17-18(23)3-2-4-19(17)24/h2-6,11,16,20,25H,7-10,12-14H2,1H3/t20-/m1/s1. The average Bonchev–Trinajstić information content (AvgIpc) is 2.73. The van der Waals surface area contributed by atoms with Crippen LogP contribution < -0.4 is 14.8 Å². The number of hydrogen-bond acceptors (Lipinski definition) is 4. The largest absolute Gasteiger partial charge is 0.493 e. The predicted octanol–water partition coefficient (Wildman–Crippen LogP) is 4.25. The Kier molecular flexibility index (Phi) is 6.04. The van der Waals surface area contributed by atoms with Gasteiger partial charge < -0.3 is 19.7 Å². The molecule has 150 valence electrons. The minimum atomic E-state index is -0.371. The Morgan fingerprint density at radius 1 is 1.18 bits per heavy atom. The van der Waals surface area contributed by atoms with E-state index in [1.54, 1.807) is 19.2 Å². The van der Waals surface area contributed by atoms with Crippen LogP contribution in [0.1, 0.15) is 24.0 Å². The monoisotopic (exact) mass is 404 g/mol. The summed E-state index contributed by atoms with van der Waals surface area (Å²) in [6.07, 6.45) is 2.60. The van der Waals surface area contributed by atoms with Crippen molar-refractivity contribution in [2.45, 2.75) is 32.0 Å². The van der Waals surface area contributed by atoms with E-state index in [0.717, 1.165) is 24.6 Å². The first kappa shape index (κ1) is 19.5. The molecule has 0 radical (unpaired) electrons. The van der Waals surface area contributed by atoms with Crippen molar-refractivity contribution in [1.29, 1.82) is 0 Å². The third-order valence-corrected chi connectivity index (χ3v) is 6.24. The number of halogens is 2. The van der Waals surface area contributed by atoms with E-state index in [-0.39, 0.29) is 12.4 Å². The maximum absolute atomic E-state index is 13.9. The van der Waals surface area contributed by atoms with E-state index in [9.17, 15) is 4.39 Å². The van der Waals surface area contributed by atoms with Gasteiger partial charge in [0.15, 0.2) is 11.5 Å². The van der Waals surface area contributed by atoms with Crippen LogP contribution in [-0.4, -0.2) is 37.7 Å². The molecule has 5 rings (SSSR count). The van der Waals surface area contributed by atoms with E-state index in [0.29, 0.717) is 28.1 Å². The van der Waals surface area contributed by atoms with Crippen molar-refractivity contribution >= 4 is 11.6 Å². The molecule has 1 N–H and O–H groups in total. The second kappa shape index (κ2) is 8.68. The Balaban J connectivity index is 1.38. The second-order valence-electron chi connectivity index (χ2n) is 7.60. The molecule has 3 saturated heterocycles. The molecule has 28 heavy (non-hydrogen) atoms. The Hall–Kier alpha value is -1.82. The number of hydrogen-bond donors (Lipinski definition) is 1. The van der Waals surface area contributed by atoms with Crippen LogP contribution >= 0.6 is 11.6 Å². The Bertz CT molecular complexity index is 804. The molecule has 2 aromatic carbocycles. The van der Waals surface area contributed by atoms with Crippen LogP contribution in [0.5, 0.6) is 11.5 Å². The van der Waals surface area contributed by atoms with Gasteiger partial charge in [-0.3, -0.25) is 0 Å². The molecule has 4 nitrogen and oxygen atoms in total. The summed E-state index contributed by atoms with van der Waals surface area (Å²) in [6.45, 7) is 4.49. The molecule has 0 unspecified atom stereocenters. The minimum Gasteiger partial charge on any atom is -0.493 e. The van der Waals surface area contributed by atoms with Crippen molar-refractivity contribution < 1.29 is 13.9 Å². The lowest BCUT2D eigenvalue weighted by molar-refractivity contribution is 0.0720. The molecule has 0 spiro atoms. The van der Waals surface area contributed by atoms with Crippen LogP contribution in [-0.2, 0) is 13.2 Å². The lowest BCUT2D eigenvalue weighted by Crippen LogP contribution is -2.55. The van der Waals surface area contributed by atoms with Gasteiger partial charge in [-0.05, 0) is 61.7 Å². The van der Waals surface area contributed by atoms with E-state index >= 15 is 0 Å². The van der Waals surface area contributed by atoms with Crippen LogP contribution in [0.2, 0.25) is 5.02 Å². The van der Waals surface area contributed by atoms with E-state index < -0.39 is 0 Å². The van der Waals surface area contributed by atoms with Gasteiger partial charge >= 0.3 is 0 Å². The minimum absolute atomic E-state index is 0.0546. The highest BCUT2D eigenvalue weighted by Gasteiger charge is 2.33. The summed E-state index contributed by atoms with van der Waals surface area (Å²) in [5, 5.41) is 4.07. The second-order valence-corrected chi connectivity index (χ2v) is 8.01. The number of nitrogens with zero attached hydrogens (tertiary/aromatic N) is 1. The van der Waals surface area contributed by atoms with E-state index in [4.69, 9.17) is 21.1 Å². The van der Waals surface area contributed by atoms with Gasteiger partial charge in [0.05, 0.1) is 12.1 Å². The number of piperidine rings is 3. The number of benzene rings is 2. The number of nitrogens with one attached hydrogen (secondary N) is 1. The van der Waals surface area contributed by atoms with Crippen molar-refractivity contribution in [2.75, 3.05) is 26.7 Å². The molecule has 0 saturated carbocycles. The summed E-state index contributed by atoms with van der Waals surface area (Å²) in [6, 6.07) is 11.1. The number of fused-ring (bicyclic) bond motifs is 3. The lowest BCUT2D eigenvalue weighted by Gasteiger charge is -2.45. The highest BCUT2D eigenvalue weighted by atomic mass is 35.5. The molecule has 0 aromatic heterocycles. The Labute approximate surface area is 170 Å². The molecule has 3 aliphatic heterocycles. The highest BCUT2D eigenvalue weighted by Crippen LogP contribution is 2.31. The summed E-state index contributed by atoms with van der Waals surface area (Å²) in [4.78, 5) is 2.54. The van der Waals surface area contributed by atoms with Crippen LogP contribution in [0.4, 0.5) is 4.39 Å². The first-order chi connectivity index (χ1) is 13.6. The zero-order valence-corrected chi connectivity index (χ0v) is 16.8. The fourth-order valence-electron chi connectivity index (χ4n) is 4.21. The van der Waals surface area contributed by atoms with E-state index in [2.05, 4.69) is 10.2 Å². The average molecular weight is 405 g/mol. The third-order valence-electron chi connectivity index (χ3n) is 5.89. The molecule has 3 heterocycles. The summed E-state index contributed by atoms with van der Waals surface area (Å²) in [5.74, 6) is 1.64. The van der Waals surface area contributed by atoms with Crippen molar-refractivity contribution in [1.82, 2.24) is 10.2 Å². The summed E-state index contributed by atoms with van der Waals surface area (Å²) < 4.78 is 25.2. The van der Waals surface area contributed by atoms with Gasteiger partial charge in [-0.1, -0.05) is 23.7 Å². The fourth-order valence-corrected chi connectivity index (χ4v) is 4.42. The molecule has 6 heteroatoms. The summed E-state index contributed by atoms with van der Waals surface area (Å²) in [7, 11) is 1.61.